The fraction of sp³-hybridized carbons (Fsp3) is 0.600. The van der Waals surface area contributed by atoms with E-state index < -0.39 is 0 Å². The molecule has 0 bridgehead atoms. The van der Waals surface area contributed by atoms with E-state index in [1.165, 1.54) is 0 Å². The fourth-order valence-corrected chi connectivity index (χ4v) is 3.54. The van der Waals surface area contributed by atoms with Crippen LogP contribution in [-0.4, -0.2) is 0 Å². The molecule has 0 aliphatic rings. The van der Waals surface area contributed by atoms with Crippen molar-refractivity contribution in [3.8, 4) is 0 Å². The Labute approximate surface area is 108 Å². The molecular formula is C10H13BrCl2S. The quantitative estimate of drug-likeness (QED) is 0.598. The SMILES string of the molecule is CC(C)(C)CC(Cl)c1cc(Cl)c(Br)s1. The van der Waals surface area contributed by atoms with E-state index in [9.17, 15) is 0 Å². The Hall–Kier alpha value is 0.760. The molecule has 1 unspecified atom stereocenters. The number of alkyl halides is 1. The highest BCUT2D eigenvalue weighted by Crippen LogP contribution is 2.41. The van der Waals surface area contributed by atoms with Crippen molar-refractivity contribution in [3.05, 3.63) is 19.8 Å². The van der Waals surface area contributed by atoms with Gasteiger partial charge in [0.05, 0.1) is 14.2 Å². The summed E-state index contributed by atoms with van der Waals surface area (Å²) in [6, 6.07) is 1.94. The van der Waals surface area contributed by atoms with Crippen molar-refractivity contribution in [3.63, 3.8) is 0 Å². The fourth-order valence-electron chi connectivity index (χ4n) is 1.16. The van der Waals surface area contributed by atoms with Crippen LogP contribution in [0.25, 0.3) is 0 Å². The van der Waals surface area contributed by atoms with Gasteiger partial charge < -0.3 is 0 Å². The summed E-state index contributed by atoms with van der Waals surface area (Å²) in [5.41, 5.74) is 0.245. The Morgan fingerprint density at radius 1 is 1.50 bits per heavy atom. The predicted molar refractivity (Wildman–Crippen MR) is 69.7 cm³/mol. The molecule has 0 aromatic carbocycles. The van der Waals surface area contributed by atoms with Crippen LogP contribution in [0.15, 0.2) is 9.85 Å². The minimum atomic E-state index is 0.0591. The summed E-state index contributed by atoms with van der Waals surface area (Å²) in [6.07, 6.45) is 0.956. The first-order valence-corrected chi connectivity index (χ1v) is 6.81. The number of halogens is 3. The van der Waals surface area contributed by atoms with E-state index in [-0.39, 0.29) is 10.8 Å². The van der Waals surface area contributed by atoms with Crippen molar-refractivity contribution >= 4 is 50.5 Å². The molecule has 0 saturated heterocycles. The molecule has 1 atom stereocenters. The maximum absolute atomic E-state index is 6.31. The van der Waals surface area contributed by atoms with Gasteiger partial charge in [-0.3, -0.25) is 0 Å². The van der Waals surface area contributed by atoms with E-state index in [1.54, 1.807) is 11.3 Å². The van der Waals surface area contributed by atoms with Crippen LogP contribution in [0.2, 0.25) is 5.02 Å². The molecule has 1 rings (SSSR count). The van der Waals surface area contributed by atoms with Crippen molar-refractivity contribution in [2.24, 2.45) is 5.41 Å². The molecule has 0 N–H and O–H groups in total. The van der Waals surface area contributed by atoms with Gasteiger partial charge in [0.1, 0.15) is 0 Å². The highest BCUT2D eigenvalue weighted by atomic mass is 79.9. The molecule has 1 aromatic heterocycles. The van der Waals surface area contributed by atoms with Gasteiger partial charge in [0.15, 0.2) is 0 Å². The summed E-state index contributed by atoms with van der Waals surface area (Å²) in [7, 11) is 0. The lowest BCUT2D eigenvalue weighted by Crippen LogP contribution is -2.07. The molecule has 0 radical (unpaired) electrons. The first-order valence-electron chi connectivity index (χ1n) is 4.38. The van der Waals surface area contributed by atoms with Crippen LogP contribution in [0.5, 0.6) is 0 Å². The second-order valence-electron chi connectivity index (χ2n) is 4.50. The smallest absolute Gasteiger partial charge is 0.0887 e. The van der Waals surface area contributed by atoms with Gasteiger partial charge in [-0.2, -0.15) is 0 Å². The van der Waals surface area contributed by atoms with Crippen LogP contribution in [-0.2, 0) is 0 Å². The number of hydrogen-bond acceptors (Lipinski definition) is 1. The minimum absolute atomic E-state index is 0.0591. The average molecular weight is 316 g/mol. The molecule has 0 fully saturated rings. The number of hydrogen-bond donors (Lipinski definition) is 0. The first-order chi connectivity index (χ1) is 6.29. The van der Waals surface area contributed by atoms with E-state index >= 15 is 0 Å². The minimum Gasteiger partial charge on any atom is -0.130 e. The molecule has 4 heteroatoms. The van der Waals surface area contributed by atoms with Crippen LogP contribution in [0, 0.1) is 5.41 Å². The molecule has 1 heterocycles. The number of rotatable bonds is 2. The predicted octanol–water partition coefficient (Wildman–Crippen LogP) is 5.88. The van der Waals surface area contributed by atoms with Gasteiger partial charge in [0.25, 0.3) is 0 Å². The standard InChI is InChI=1S/C10H13BrCl2S/c1-10(2,3)5-7(13)8-4-6(12)9(11)14-8/h4,7H,5H2,1-3H3. The molecule has 1 aromatic rings. The van der Waals surface area contributed by atoms with Gasteiger partial charge in [-0.25, -0.2) is 0 Å². The summed E-state index contributed by atoms with van der Waals surface area (Å²) in [5.74, 6) is 0. The monoisotopic (exact) mass is 314 g/mol. The second-order valence-corrected chi connectivity index (χ2v) is 7.84. The van der Waals surface area contributed by atoms with Crippen molar-refractivity contribution < 1.29 is 0 Å². The normalized spacial score (nSPS) is 14.4. The Bertz CT molecular complexity index is 295. The van der Waals surface area contributed by atoms with Crippen LogP contribution in [0.1, 0.15) is 37.4 Å². The summed E-state index contributed by atoms with van der Waals surface area (Å²) >= 11 is 17.3. The van der Waals surface area contributed by atoms with Crippen LogP contribution < -0.4 is 0 Å². The summed E-state index contributed by atoms with van der Waals surface area (Å²) < 4.78 is 0.966. The Morgan fingerprint density at radius 3 is 2.43 bits per heavy atom. The maximum atomic E-state index is 6.31. The van der Waals surface area contributed by atoms with Gasteiger partial charge >= 0.3 is 0 Å². The van der Waals surface area contributed by atoms with Crippen LogP contribution in [0.3, 0.4) is 0 Å². The Morgan fingerprint density at radius 2 is 2.07 bits per heavy atom. The van der Waals surface area contributed by atoms with Gasteiger partial charge in [0, 0.05) is 4.88 Å². The third-order valence-electron chi connectivity index (χ3n) is 1.76. The van der Waals surface area contributed by atoms with Gasteiger partial charge in [0.2, 0.25) is 0 Å². The Kier molecular flexibility index (Phi) is 4.34. The third-order valence-corrected chi connectivity index (χ3v) is 4.87. The highest BCUT2D eigenvalue weighted by Gasteiger charge is 2.20. The second kappa shape index (κ2) is 4.73. The first kappa shape index (κ1) is 12.8. The summed E-state index contributed by atoms with van der Waals surface area (Å²) in [5, 5.41) is 0.813. The molecule has 14 heavy (non-hydrogen) atoms. The molecular weight excluding hydrogens is 303 g/mol. The van der Waals surface area contributed by atoms with E-state index in [0.29, 0.717) is 0 Å². The maximum Gasteiger partial charge on any atom is 0.0887 e. The summed E-state index contributed by atoms with van der Waals surface area (Å²) in [4.78, 5) is 1.14. The third kappa shape index (κ3) is 3.73. The van der Waals surface area contributed by atoms with Gasteiger partial charge in [-0.1, -0.05) is 32.4 Å². The largest absolute Gasteiger partial charge is 0.130 e. The zero-order valence-corrected chi connectivity index (χ0v) is 12.3. The van der Waals surface area contributed by atoms with Crippen molar-refractivity contribution in [2.45, 2.75) is 32.6 Å². The number of thiophene rings is 1. The highest BCUT2D eigenvalue weighted by molar-refractivity contribution is 9.11. The lowest BCUT2D eigenvalue weighted by atomic mass is 9.90. The van der Waals surface area contributed by atoms with Crippen molar-refractivity contribution in [1.82, 2.24) is 0 Å². The van der Waals surface area contributed by atoms with E-state index in [1.807, 2.05) is 6.07 Å². The Balaban J connectivity index is 2.75. The van der Waals surface area contributed by atoms with Crippen molar-refractivity contribution in [2.75, 3.05) is 0 Å². The molecule has 0 saturated carbocycles. The van der Waals surface area contributed by atoms with Gasteiger partial charge in [-0.15, -0.1) is 22.9 Å². The molecule has 0 nitrogen and oxygen atoms in total. The lowest BCUT2D eigenvalue weighted by Gasteiger charge is -2.20. The zero-order valence-electron chi connectivity index (χ0n) is 8.40. The molecule has 0 aliphatic heterocycles. The lowest BCUT2D eigenvalue weighted by molar-refractivity contribution is 0.374. The van der Waals surface area contributed by atoms with Crippen LogP contribution >= 0.6 is 50.5 Å². The summed E-state index contributed by atoms with van der Waals surface area (Å²) in [6.45, 7) is 6.56. The molecule has 80 valence electrons. The van der Waals surface area contributed by atoms with E-state index in [4.69, 9.17) is 23.2 Å². The van der Waals surface area contributed by atoms with Gasteiger partial charge in [-0.05, 0) is 33.8 Å². The van der Waals surface area contributed by atoms with E-state index in [0.717, 1.165) is 20.1 Å². The van der Waals surface area contributed by atoms with E-state index in [2.05, 4.69) is 36.7 Å². The zero-order chi connectivity index (χ0) is 10.9. The topological polar surface area (TPSA) is 0 Å². The average Bonchev–Trinajstić information content (AvgIpc) is 2.28. The molecule has 0 aliphatic carbocycles. The molecule has 0 amide bonds. The van der Waals surface area contributed by atoms with Crippen molar-refractivity contribution in [1.29, 1.82) is 0 Å². The molecule has 0 spiro atoms. The van der Waals surface area contributed by atoms with Crippen LogP contribution in [0.4, 0.5) is 0 Å².